The molecule has 0 N–H and O–H groups in total. The quantitative estimate of drug-likeness (QED) is 0.409. The molecule has 0 aromatic heterocycles. The van der Waals surface area contributed by atoms with Crippen LogP contribution in [-0.4, -0.2) is 13.6 Å². The van der Waals surface area contributed by atoms with Crippen molar-refractivity contribution >= 4 is 5.69 Å². The molecule has 1 aromatic carbocycles. The van der Waals surface area contributed by atoms with E-state index in [1.54, 1.807) is 6.92 Å². The minimum atomic E-state index is -1.78. The SMILES string of the molecule is CCN(C)c1cc(F)c(F)c(F)c1F. The van der Waals surface area contributed by atoms with Gasteiger partial charge in [0.15, 0.2) is 23.3 Å². The lowest BCUT2D eigenvalue weighted by Gasteiger charge is -2.17. The fourth-order valence-corrected chi connectivity index (χ4v) is 1.01. The third-order valence-corrected chi connectivity index (χ3v) is 1.97. The molecule has 0 atom stereocenters. The first-order valence-corrected chi connectivity index (χ1v) is 4.03. The second kappa shape index (κ2) is 3.86. The Bertz CT molecular complexity index is 351. The van der Waals surface area contributed by atoms with E-state index < -0.39 is 23.3 Å². The molecule has 0 heterocycles. The van der Waals surface area contributed by atoms with E-state index in [0.717, 1.165) is 0 Å². The molecule has 0 aliphatic rings. The fourth-order valence-electron chi connectivity index (χ4n) is 1.01. The summed E-state index contributed by atoms with van der Waals surface area (Å²) in [5.41, 5.74) is -0.288. The molecule has 0 fully saturated rings. The Morgan fingerprint density at radius 2 is 1.64 bits per heavy atom. The molecule has 0 aliphatic heterocycles. The summed E-state index contributed by atoms with van der Waals surface area (Å²) in [7, 11) is 1.45. The van der Waals surface area contributed by atoms with Crippen molar-refractivity contribution in [2.75, 3.05) is 18.5 Å². The Morgan fingerprint density at radius 1 is 1.07 bits per heavy atom. The van der Waals surface area contributed by atoms with Crippen LogP contribution in [0.2, 0.25) is 0 Å². The number of benzene rings is 1. The molecule has 0 spiro atoms. The number of rotatable bonds is 2. The van der Waals surface area contributed by atoms with E-state index >= 15 is 0 Å². The summed E-state index contributed by atoms with van der Waals surface area (Å²) in [4.78, 5) is 1.28. The number of hydrogen-bond acceptors (Lipinski definition) is 1. The van der Waals surface area contributed by atoms with Gasteiger partial charge in [-0.2, -0.15) is 0 Å². The van der Waals surface area contributed by atoms with Crippen molar-refractivity contribution in [3.05, 3.63) is 29.3 Å². The predicted octanol–water partition coefficient (Wildman–Crippen LogP) is 2.70. The summed E-state index contributed by atoms with van der Waals surface area (Å²) in [6.07, 6.45) is 0. The summed E-state index contributed by atoms with van der Waals surface area (Å²) >= 11 is 0. The Morgan fingerprint density at radius 3 is 2.14 bits per heavy atom. The van der Waals surface area contributed by atoms with Gasteiger partial charge in [0.25, 0.3) is 0 Å². The molecule has 1 rings (SSSR count). The maximum absolute atomic E-state index is 13.1. The molecule has 14 heavy (non-hydrogen) atoms. The first-order valence-electron chi connectivity index (χ1n) is 4.03. The normalized spacial score (nSPS) is 10.4. The van der Waals surface area contributed by atoms with E-state index in [-0.39, 0.29) is 5.69 Å². The summed E-state index contributed by atoms with van der Waals surface area (Å²) in [6.45, 7) is 2.04. The minimum Gasteiger partial charge on any atom is -0.372 e. The maximum Gasteiger partial charge on any atom is 0.199 e. The van der Waals surface area contributed by atoms with Crippen molar-refractivity contribution in [1.82, 2.24) is 0 Å². The second-order valence-electron chi connectivity index (χ2n) is 2.83. The topological polar surface area (TPSA) is 3.24 Å². The lowest BCUT2D eigenvalue weighted by molar-refractivity contribution is 0.409. The van der Waals surface area contributed by atoms with Crippen LogP contribution in [0.15, 0.2) is 6.07 Å². The van der Waals surface area contributed by atoms with Gasteiger partial charge >= 0.3 is 0 Å². The van der Waals surface area contributed by atoms with Gasteiger partial charge in [0.2, 0.25) is 0 Å². The Labute approximate surface area is 78.9 Å². The van der Waals surface area contributed by atoms with Gasteiger partial charge in [-0.3, -0.25) is 0 Å². The van der Waals surface area contributed by atoms with E-state index in [9.17, 15) is 17.6 Å². The van der Waals surface area contributed by atoms with Gasteiger partial charge in [0.1, 0.15) is 0 Å². The Hall–Kier alpha value is -1.26. The van der Waals surface area contributed by atoms with Crippen LogP contribution in [0.25, 0.3) is 0 Å². The van der Waals surface area contributed by atoms with Crippen LogP contribution < -0.4 is 4.90 Å². The number of halogens is 4. The molecule has 0 bridgehead atoms. The molecule has 0 radical (unpaired) electrons. The third kappa shape index (κ3) is 1.66. The van der Waals surface area contributed by atoms with Crippen LogP contribution in [0.1, 0.15) is 6.92 Å². The van der Waals surface area contributed by atoms with Crippen LogP contribution in [0.5, 0.6) is 0 Å². The van der Waals surface area contributed by atoms with Crippen LogP contribution in [0.3, 0.4) is 0 Å². The lowest BCUT2D eigenvalue weighted by Crippen LogP contribution is -2.18. The highest BCUT2D eigenvalue weighted by Gasteiger charge is 2.20. The molecule has 1 aromatic rings. The monoisotopic (exact) mass is 207 g/mol. The number of nitrogens with zero attached hydrogens (tertiary/aromatic N) is 1. The van der Waals surface area contributed by atoms with Crippen molar-refractivity contribution in [2.24, 2.45) is 0 Å². The van der Waals surface area contributed by atoms with Gasteiger partial charge < -0.3 is 4.90 Å². The minimum absolute atomic E-state index is 0.288. The van der Waals surface area contributed by atoms with Crippen molar-refractivity contribution in [2.45, 2.75) is 6.92 Å². The largest absolute Gasteiger partial charge is 0.372 e. The smallest absolute Gasteiger partial charge is 0.199 e. The maximum atomic E-state index is 13.1. The van der Waals surface area contributed by atoms with E-state index in [1.165, 1.54) is 11.9 Å². The van der Waals surface area contributed by atoms with Crippen molar-refractivity contribution < 1.29 is 17.6 Å². The van der Waals surface area contributed by atoms with E-state index in [1.807, 2.05) is 0 Å². The first-order chi connectivity index (χ1) is 6.49. The fraction of sp³-hybridized carbons (Fsp3) is 0.333. The molecule has 1 nitrogen and oxygen atoms in total. The molecular formula is C9H9F4N. The molecule has 0 amide bonds. The highest BCUT2D eigenvalue weighted by Crippen LogP contribution is 2.24. The van der Waals surface area contributed by atoms with Crippen molar-refractivity contribution in [3.63, 3.8) is 0 Å². The molecule has 78 valence electrons. The van der Waals surface area contributed by atoms with Crippen LogP contribution in [-0.2, 0) is 0 Å². The van der Waals surface area contributed by atoms with Gasteiger partial charge in [-0.15, -0.1) is 0 Å². The van der Waals surface area contributed by atoms with Gasteiger partial charge in [-0.1, -0.05) is 0 Å². The molecule has 5 heteroatoms. The number of hydrogen-bond donors (Lipinski definition) is 0. The van der Waals surface area contributed by atoms with E-state index in [0.29, 0.717) is 12.6 Å². The molecule has 0 saturated carbocycles. The van der Waals surface area contributed by atoms with Crippen LogP contribution >= 0.6 is 0 Å². The molecular weight excluding hydrogens is 198 g/mol. The highest BCUT2D eigenvalue weighted by molar-refractivity contribution is 5.47. The zero-order valence-corrected chi connectivity index (χ0v) is 7.74. The van der Waals surface area contributed by atoms with Crippen molar-refractivity contribution in [1.29, 1.82) is 0 Å². The van der Waals surface area contributed by atoms with Crippen LogP contribution in [0, 0.1) is 23.3 Å². The first kappa shape index (κ1) is 10.8. The third-order valence-electron chi connectivity index (χ3n) is 1.97. The molecule has 0 saturated heterocycles. The average Bonchev–Trinajstić information content (AvgIpc) is 2.19. The number of anilines is 1. The summed E-state index contributed by atoms with van der Waals surface area (Å²) in [5.74, 6) is -6.32. The van der Waals surface area contributed by atoms with Gasteiger partial charge in [-0.05, 0) is 6.92 Å². The van der Waals surface area contributed by atoms with Gasteiger partial charge in [0, 0.05) is 19.7 Å². The lowest BCUT2D eigenvalue weighted by atomic mass is 10.2. The summed E-state index contributed by atoms with van der Waals surface area (Å²) < 4.78 is 51.0. The standard InChI is InChI=1S/C9H9F4N/c1-3-14(2)6-4-5(10)7(11)9(13)8(6)12/h4H,3H2,1-2H3. The molecule has 0 aliphatic carbocycles. The second-order valence-corrected chi connectivity index (χ2v) is 2.83. The Balaban J connectivity index is 3.33. The summed E-state index contributed by atoms with van der Waals surface area (Å²) in [6, 6.07) is 0.636. The Kier molecular flexibility index (Phi) is 2.98. The van der Waals surface area contributed by atoms with Gasteiger partial charge in [0.05, 0.1) is 5.69 Å². The summed E-state index contributed by atoms with van der Waals surface area (Å²) in [5, 5.41) is 0. The van der Waals surface area contributed by atoms with E-state index in [4.69, 9.17) is 0 Å². The van der Waals surface area contributed by atoms with Crippen molar-refractivity contribution in [3.8, 4) is 0 Å². The highest BCUT2D eigenvalue weighted by atomic mass is 19.2. The molecule has 0 unspecified atom stereocenters. The zero-order chi connectivity index (χ0) is 10.9. The average molecular weight is 207 g/mol. The van der Waals surface area contributed by atoms with Crippen LogP contribution in [0.4, 0.5) is 23.2 Å². The predicted molar refractivity (Wildman–Crippen MR) is 45.2 cm³/mol. The van der Waals surface area contributed by atoms with Gasteiger partial charge in [-0.25, -0.2) is 17.6 Å². The van der Waals surface area contributed by atoms with E-state index in [2.05, 4.69) is 0 Å². The zero-order valence-electron chi connectivity index (χ0n) is 7.74.